The van der Waals surface area contributed by atoms with Gasteiger partial charge >= 0.3 is 5.97 Å². The van der Waals surface area contributed by atoms with E-state index in [-0.39, 0.29) is 18.1 Å². The normalized spacial score (nSPS) is 15.8. The van der Waals surface area contributed by atoms with E-state index in [1.165, 1.54) is 4.68 Å². The number of nitrogens with zero attached hydrogens (tertiary/aromatic N) is 4. The number of amides is 1. The second-order valence-corrected chi connectivity index (χ2v) is 5.39. The highest BCUT2D eigenvalue weighted by molar-refractivity contribution is 5.86. The van der Waals surface area contributed by atoms with E-state index in [2.05, 4.69) is 10.3 Å². The maximum absolute atomic E-state index is 12.3. The van der Waals surface area contributed by atoms with E-state index in [1.807, 2.05) is 11.8 Å². The van der Waals surface area contributed by atoms with Gasteiger partial charge in [0.1, 0.15) is 6.54 Å². The van der Waals surface area contributed by atoms with E-state index in [9.17, 15) is 9.59 Å². The van der Waals surface area contributed by atoms with E-state index in [0.717, 1.165) is 45.2 Å². The van der Waals surface area contributed by atoms with E-state index >= 15 is 0 Å². The number of hydrogen-bond acceptors (Lipinski definition) is 4. The molecule has 0 aromatic carbocycles. The molecule has 0 radical (unpaired) electrons. The predicted octanol–water partition coefficient (Wildman–Crippen LogP) is 1.33. The molecule has 1 amide bonds. The fourth-order valence-electron chi connectivity index (χ4n) is 2.66. The van der Waals surface area contributed by atoms with Gasteiger partial charge < -0.3 is 10.0 Å². The first-order valence-electron chi connectivity index (χ1n) is 7.57. The zero-order chi connectivity index (χ0) is 15.2. The molecule has 2 rings (SSSR count). The van der Waals surface area contributed by atoms with Crippen molar-refractivity contribution in [3.8, 4) is 0 Å². The molecule has 2 heterocycles. The number of aromatic nitrogens is 3. The molecular weight excluding hydrogens is 272 g/mol. The quantitative estimate of drug-likeness (QED) is 0.885. The Hall–Kier alpha value is -1.92. The first-order valence-corrected chi connectivity index (χ1v) is 7.57. The minimum Gasteiger partial charge on any atom is -0.476 e. The van der Waals surface area contributed by atoms with E-state index in [1.54, 1.807) is 0 Å². The van der Waals surface area contributed by atoms with Crippen molar-refractivity contribution in [1.82, 2.24) is 19.9 Å². The Kier molecular flexibility index (Phi) is 5.30. The monoisotopic (exact) mass is 294 g/mol. The van der Waals surface area contributed by atoms with Crippen LogP contribution < -0.4 is 0 Å². The van der Waals surface area contributed by atoms with Crippen molar-refractivity contribution in [1.29, 1.82) is 0 Å². The summed E-state index contributed by atoms with van der Waals surface area (Å²) in [6.45, 7) is 3.60. The third-order valence-electron chi connectivity index (χ3n) is 3.77. The van der Waals surface area contributed by atoms with Crippen molar-refractivity contribution in [2.45, 2.75) is 52.0 Å². The largest absolute Gasteiger partial charge is 0.476 e. The third kappa shape index (κ3) is 3.80. The van der Waals surface area contributed by atoms with Crippen LogP contribution in [0.25, 0.3) is 0 Å². The molecule has 1 aromatic heterocycles. The Morgan fingerprint density at radius 2 is 1.86 bits per heavy atom. The summed E-state index contributed by atoms with van der Waals surface area (Å²) in [5, 5.41) is 16.7. The van der Waals surface area contributed by atoms with Crippen LogP contribution >= 0.6 is 0 Å². The molecule has 0 saturated carbocycles. The fourth-order valence-corrected chi connectivity index (χ4v) is 2.66. The molecule has 116 valence electrons. The summed E-state index contributed by atoms with van der Waals surface area (Å²) in [6.07, 6.45) is 5.73. The topological polar surface area (TPSA) is 88.3 Å². The molecule has 1 N–H and O–H groups in total. The highest BCUT2D eigenvalue weighted by Gasteiger charge is 2.22. The maximum atomic E-state index is 12.3. The van der Waals surface area contributed by atoms with Gasteiger partial charge in [-0.2, -0.15) is 0 Å². The van der Waals surface area contributed by atoms with Crippen LogP contribution in [0.3, 0.4) is 0 Å². The van der Waals surface area contributed by atoms with Gasteiger partial charge in [-0.05, 0) is 19.3 Å². The first-order chi connectivity index (χ1) is 10.1. The predicted molar refractivity (Wildman–Crippen MR) is 76.0 cm³/mol. The molecule has 7 heteroatoms. The summed E-state index contributed by atoms with van der Waals surface area (Å²) in [6, 6.07) is 0. The van der Waals surface area contributed by atoms with Gasteiger partial charge in [0.25, 0.3) is 0 Å². The molecule has 0 bridgehead atoms. The standard InChI is InChI=1S/C14H22N4O3/c1-2-7-11-13(14(20)21)15-16-18(11)10-12(19)17-8-5-3-4-6-9-17/h2-10H2,1H3,(H,20,21). The van der Waals surface area contributed by atoms with Gasteiger partial charge in [-0.1, -0.05) is 31.4 Å². The molecule has 7 nitrogen and oxygen atoms in total. The van der Waals surface area contributed by atoms with Crippen LogP contribution in [0, 0.1) is 0 Å². The van der Waals surface area contributed by atoms with Gasteiger partial charge in [0.15, 0.2) is 5.69 Å². The number of carboxylic acid groups (broad SMARTS) is 1. The van der Waals surface area contributed by atoms with Gasteiger partial charge in [0.05, 0.1) is 5.69 Å². The van der Waals surface area contributed by atoms with Crippen molar-refractivity contribution < 1.29 is 14.7 Å². The maximum Gasteiger partial charge on any atom is 0.358 e. The van der Waals surface area contributed by atoms with Crippen molar-refractivity contribution in [3.05, 3.63) is 11.4 Å². The Morgan fingerprint density at radius 3 is 2.43 bits per heavy atom. The van der Waals surface area contributed by atoms with E-state index in [4.69, 9.17) is 5.11 Å². The molecule has 1 saturated heterocycles. The third-order valence-corrected chi connectivity index (χ3v) is 3.77. The SMILES string of the molecule is CCCc1c(C(=O)O)nnn1CC(=O)N1CCCCCC1. The number of carboxylic acids is 1. The summed E-state index contributed by atoms with van der Waals surface area (Å²) in [7, 11) is 0. The minimum atomic E-state index is -1.09. The van der Waals surface area contributed by atoms with Crippen LogP contribution in [-0.2, 0) is 17.8 Å². The number of carbonyl (C=O) groups is 2. The van der Waals surface area contributed by atoms with Crippen molar-refractivity contribution in [2.75, 3.05) is 13.1 Å². The van der Waals surface area contributed by atoms with E-state index < -0.39 is 5.97 Å². The molecule has 0 unspecified atom stereocenters. The fraction of sp³-hybridized carbons (Fsp3) is 0.714. The van der Waals surface area contributed by atoms with Crippen LogP contribution in [0.1, 0.15) is 55.2 Å². The van der Waals surface area contributed by atoms with Crippen LogP contribution in [0.5, 0.6) is 0 Å². The molecule has 0 aliphatic carbocycles. The second kappa shape index (κ2) is 7.19. The highest BCUT2D eigenvalue weighted by Crippen LogP contribution is 2.12. The molecule has 1 aliphatic heterocycles. The number of rotatable bonds is 5. The summed E-state index contributed by atoms with van der Waals surface area (Å²) in [5.74, 6) is -1.09. The lowest BCUT2D eigenvalue weighted by Crippen LogP contribution is -2.35. The van der Waals surface area contributed by atoms with Gasteiger partial charge in [0.2, 0.25) is 5.91 Å². The summed E-state index contributed by atoms with van der Waals surface area (Å²) in [5.41, 5.74) is 0.494. The Bertz CT molecular complexity index is 504. The van der Waals surface area contributed by atoms with E-state index in [0.29, 0.717) is 12.1 Å². The second-order valence-electron chi connectivity index (χ2n) is 5.39. The number of carbonyl (C=O) groups excluding carboxylic acids is 1. The van der Waals surface area contributed by atoms with Gasteiger partial charge in [-0.15, -0.1) is 5.10 Å². The zero-order valence-corrected chi connectivity index (χ0v) is 12.4. The van der Waals surface area contributed by atoms with Crippen molar-refractivity contribution >= 4 is 11.9 Å². The molecule has 1 fully saturated rings. The van der Waals surface area contributed by atoms with Gasteiger partial charge in [0, 0.05) is 13.1 Å². The van der Waals surface area contributed by atoms with Crippen LogP contribution in [-0.4, -0.2) is 50.0 Å². The van der Waals surface area contributed by atoms with Crippen molar-refractivity contribution in [3.63, 3.8) is 0 Å². The minimum absolute atomic E-state index is 0.00362. The summed E-state index contributed by atoms with van der Waals surface area (Å²) < 4.78 is 1.44. The van der Waals surface area contributed by atoms with Crippen LogP contribution in [0.15, 0.2) is 0 Å². The first kappa shape index (κ1) is 15.5. The number of aromatic carboxylic acids is 1. The Labute approximate surface area is 123 Å². The molecule has 1 aliphatic rings. The number of hydrogen-bond donors (Lipinski definition) is 1. The highest BCUT2D eigenvalue weighted by atomic mass is 16.4. The molecule has 0 atom stereocenters. The Balaban J connectivity index is 2.10. The lowest BCUT2D eigenvalue weighted by atomic mass is 10.2. The molecule has 1 aromatic rings. The molecule has 21 heavy (non-hydrogen) atoms. The molecular formula is C14H22N4O3. The summed E-state index contributed by atoms with van der Waals surface area (Å²) >= 11 is 0. The average Bonchev–Trinajstić information content (AvgIpc) is 2.68. The van der Waals surface area contributed by atoms with Crippen LogP contribution in [0.2, 0.25) is 0 Å². The zero-order valence-electron chi connectivity index (χ0n) is 12.4. The summed E-state index contributed by atoms with van der Waals surface area (Å²) in [4.78, 5) is 25.3. The van der Waals surface area contributed by atoms with Crippen molar-refractivity contribution in [2.24, 2.45) is 0 Å². The van der Waals surface area contributed by atoms with Gasteiger partial charge in [-0.25, -0.2) is 9.48 Å². The lowest BCUT2D eigenvalue weighted by molar-refractivity contribution is -0.132. The number of likely N-dealkylation sites (tertiary alicyclic amines) is 1. The smallest absolute Gasteiger partial charge is 0.358 e. The Morgan fingerprint density at radius 1 is 1.19 bits per heavy atom. The average molecular weight is 294 g/mol. The van der Waals surface area contributed by atoms with Crippen LogP contribution in [0.4, 0.5) is 0 Å². The van der Waals surface area contributed by atoms with Gasteiger partial charge in [-0.3, -0.25) is 4.79 Å². The lowest BCUT2D eigenvalue weighted by Gasteiger charge is -2.20. The molecule has 0 spiro atoms.